The van der Waals surface area contributed by atoms with Crippen molar-refractivity contribution in [3.8, 4) is 17.5 Å². The molecule has 0 saturated heterocycles. The minimum absolute atomic E-state index is 0.0342. The van der Waals surface area contributed by atoms with Gasteiger partial charge in [-0.1, -0.05) is 18.2 Å². The Morgan fingerprint density at radius 2 is 1.87 bits per heavy atom. The van der Waals surface area contributed by atoms with Gasteiger partial charge in [-0.25, -0.2) is 17.5 Å². The number of benzene rings is 1. The molecule has 162 valence electrons. The van der Waals surface area contributed by atoms with E-state index in [1.807, 2.05) is 12.1 Å². The van der Waals surface area contributed by atoms with Gasteiger partial charge in [-0.3, -0.25) is 4.98 Å². The lowest BCUT2D eigenvalue weighted by Gasteiger charge is -2.14. The number of H-pyrrole nitrogens is 1. The Morgan fingerprint density at radius 1 is 1.13 bits per heavy atom. The minimum Gasteiger partial charge on any atom is -0.481 e. The number of sulfonamides is 1. The molecule has 2 N–H and O–H groups in total. The highest BCUT2D eigenvalue weighted by atomic mass is 32.2. The Kier molecular flexibility index (Phi) is 5.46. The van der Waals surface area contributed by atoms with Crippen LogP contribution in [0.2, 0.25) is 0 Å². The molecular weight excluding hydrogens is 429 g/mol. The van der Waals surface area contributed by atoms with Crippen molar-refractivity contribution in [2.24, 2.45) is 0 Å². The van der Waals surface area contributed by atoms with Crippen LogP contribution >= 0.6 is 0 Å². The fourth-order valence-electron chi connectivity index (χ4n) is 3.09. The van der Waals surface area contributed by atoms with Crippen LogP contribution in [0.3, 0.4) is 0 Å². The SMILES string of the molecule is COc1nc(NS(=O)(=O)c2cnc3c2ccc2ccc[nH]c23)nc(OC)c1OCCF. The molecule has 1 aromatic carbocycles. The first kappa shape index (κ1) is 20.6. The molecule has 31 heavy (non-hydrogen) atoms. The van der Waals surface area contributed by atoms with Gasteiger partial charge in [-0.05, 0) is 6.07 Å². The van der Waals surface area contributed by atoms with Crippen LogP contribution in [0.4, 0.5) is 10.3 Å². The fraction of sp³-hybridized carbons (Fsp3) is 0.211. The third-order valence-electron chi connectivity index (χ3n) is 4.41. The predicted molar refractivity (Wildman–Crippen MR) is 111 cm³/mol. The molecule has 10 nitrogen and oxygen atoms in total. The first-order valence-electron chi connectivity index (χ1n) is 9.05. The summed E-state index contributed by atoms with van der Waals surface area (Å²) in [4.78, 5) is 15.3. The maximum atomic E-state index is 13.1. The second kappa shape index (κ2) is 8.22. The average molecular weight is 447 g/mol. The number of alkyl halides is 1. The van der Waals surface area contributed by atoms with E-state index in [1.54, 1.807) is 18.3 Å². The van der Waals surface area contributed by atoms with Crippen molar-refractivity contribution in [1.29, 1.82) is 0 Å². The molecule has 0 aliphatic carbocycles. The summed E-state index contributed by atoms with van der Waals surface area (Å²) in [6.07, 6.45) is 3.00. The Hall–Kier alpha value is -3.67. The van der Waals surface area contributed by atoms with E-state index in [9.17, 15) is 12.8 Å². The first-order chi connectivity index (χ1) is 15.0. The number of fused-ring (bicyclic) bond motifs is 3. The van der Waals surface area contributed by atoms with Crippen molar-refractivity contribution < 1.29 is 27.0 Å². The van der Waals surface area contributed by atoms with E-state index in [1.165, 1.54) is 20.4 Å². The Morgan fingerprint density at radius 3 is 2.55 bits per heavy atom. The number of aromatic amines is 1. The molecule has 0 fully saturated rings. The van der Waals surface area contributed by atoms with E-state index in [0.717, 1.165) is 10.9 Å². The van der Waals surface area contributed by atoms with Crippen molar-refractivity contribution >= 4 is 37.8 Å². The van der Waals surface area contributed by atoms with Gasteiger partial charge in [0.05, 0.1) is 25.3 Å². The molecule has 0 unspecified atom stereocenters. The summed E-state index contributed by atoms with van der Waals surface area (Å²) in [5.74, 6) is -0.552. The second-order valence-corrected chi connectivity index (χ2v) is 7.91. The molecule has 0 atom stereocenters. The highest BCUT2D eigenvalue weighted by Gasteiger charge is 2.25. The highest BCUT2D eigenvalue weighted by Crippen LogP contribution is 2.36. The Bertz CT molecular complexity index is 1330. The number of anilines is 1. The van der Waals surface area contributed by atoms with Gasteiger partial charge >= 0.3 is 0 Å². The number of hydrogen-bond acceptors (Lipinski definition) is 8. The van der Waals surface area contributed by atoms with Crippen LogP contribution < -0.4 is 18.9 Å². The molecule has 0 bridgehead atoms. The molecule has 3 aromatic heterocycles. The number of ether oxygens (including phenoxy) is 3. The topological polar surface area (TPSA) is 128 Å². The number of halogens is 1. The minimum atomic E-state index is -4.11. The maximum absolute atomic E-state index is 13.1. The lowest BCUT2D eigenvalue weighted by Crippen LogP contribution is -2.16. The molecule has 0 spiro atoms. The molecule has 0 radical (unpaired) electrons. The summed E-state index contributed by atoms with van der Waals surface area (Å²) in [5, 5.41) is 1.33. The van der Waals surface area contributed by atoms with Gasteiger partial charge in [0.15, 0.2) is 0 Å². The van der Waals surface area contributed by atoms with Crippen LogP contribution in [0, 0.1) is 0 Å². The van der Waals surface area contributed by atoms with Crippen molar-refractivity contribution in [3.05, 3.63) is 36.7 Å². The Balaban J connectivity index is 1.74. The number of rotatable bonds is 8. The van der Waals surface area contributed by atoms with Crippen molar-refractivity contribution in [2.45, 2.75) is 4.90 Å². The molecule has 4 rings (SSSR count). The van der Waals surface area contributed by atoms with Crippen LogP contribution in [0.1, 0.15) is 0 Å². The summed E-state index contributed by atoms with van der Waals surface area (Å²) in [6.45, 7) is -1.01. The summed E-state index contributed by atoms with van der Waals surface area (Å²) in [6, 6.07) is 7.22. The molecule has 12 heteroatoms. The van der Waals surface area contributed by atoms with Gasteiger partial charge in [0, 0.05) is 23.2 Å². The summed E-state index contributed by atoms with van der Waals surface area (Å²) in [5.41, 5.74) is 1.24. The van der Waals surface area contributed by atoms with Crippen LogP contribution in [-0.4, -0.2) is 55.9 Å². The largest absolute Gasteiger partial charge is 0.481 e. The van der Waals surface area contributed by atoms with E-state index in [4.69, 9.17) is 14.2 Å². The summed E-state index contributed by atoms with van der Waals surface area (Å²) < 4.78 is 56.4. The van der Waals surface area contributed by atoms with Gasteiger partial charge in [0.1, 0.15) is 18.2 Å². The third kappa shape index (κ3) is 3.77. The van der Waals surface area contributed by atoms with Gasteiger partial charge in [0.25, 0.3) is 21.8 Å². The molecule has 0 aliphatic heterocycles. The van der Waals surface area contributed by atoms with E-state index in [-0.39, 0.29) is 35.0 Å². The quantitative estimate of drug-likeness (QED) is 0.422. The van der Waals surface area contributed by atoms with E-state index < -0.39 is 16.7 Å². The lowest BCUT2D eigenvalue weighted by molar-refractivity contribution is 0.240. The van der Waals surface area contributed by atoms with E-state index >= 15 is 0 Å². The second-order valence-electron chi connectivity index (χ2n) is 6.26. The van der Waals surface area contributed by atoms with Crippen LogP contribution in [0.25, 0.3) is 21.8 Å². The molecule has 4 aromatic rings. The standard InChI is InChI=1S/C19H18FN5O5S/c1-28-17-16(30-9-7-20)18(29-2)24-19(23-17)25-31(26,27)13-10-22-15-12(13)6-5-11-4-3-8-21-14(11)15/h3-6,8,10,21H,7,9H2,1-2H3,(H,23,24,25). The van der Waals surface area contributed by atoms with Crippen molar-refractivity contribution in [2.75, 3.05) is 32.2 Å². The number of aromatic nitrogens is 4. The summed E-state index contributed by atoms with van der Waals surface area (Å²) in [7, 11) is -1.50. The van der Waals surface area contributed by atoms with E-state index in [2.05, 4.69) is 24.7 Å². The zero-order valence-corrected chi connectivity index (χ0v) is 17.4. The zero-order chi connectivity index (χ0) is 22.0. The molecule has 3 heterocycles. The number of methoxy groups -OCH3 is 2. The summed E-state index contributed by atoms with van der Waals surface area (Å²) >= 11 is 0. The van der Waals surface area contributed by atoms with Crippen LogP contribution in [0.15, 0.2) is 41.6 Å². The van der Waals surface area contributed by atoms with Gasteiger partial charge < -0.3 is 19.2 Å². The Labute approximate surface area is 176 Å². The number of hydrogen-bond donors (Lipinski definition) is 2. The number of nitrogens with one attached hydrogen (secondary N) is 2. The fourth-order valence-corrected chi connectivity index (χ4v) is 4.18. The van der Waals surface area contributed by atoms with Gasteiger partial charge in [-0.15, -0.1) is 0 Å². The molecule has 0 aliphatic rings. The number of pyridine rings is 1. The maximum Gasteiger partial charge on any atom is 0.266 e. The van der Waals surface area contributed by atoms with Crippen LogP contribution in [-0.2, 0) is 10.0 Å². The van der Waals surface area contributed by atoms with Crippen molar-refractivity contribution in [3.63, 3.8) is 0 Å². The lowest BCUT2D eigenvalue weighted by atomic mass is 10.1. The van der Waals surface area contributed by atoms with E-state index in [0.29, 0.717) is 10.9 Å². The smallest absolute Gasteiger partial charge is 0.266 e. The first-order valence-corrected chi connectivity index (χ1v) is 10.5. The predicted octanol–water partition coefficient (Wildman–Crippen LogP) is 2.67. The van der Waals surface area contributed by atoms with Crippen LogP contribution in [0.5, 0.6) is 17.5 Å². The highest BCUT2D eigenvalue weighted by molar-refractivity contribution is 7.93. The molecule has 0 saturated carbocycles. The molecule has 0 amide bonds. The van der Waals surface area contributed by atoms with Gasteiger partial charge in [0.2, 0.25) is 11.7 Å². The van der Waals surface area contributed by atoms with Gasteiger partial charge in [-0.2, -0.15) is 9.97 Å². The third-order valence-corrected chi connectivity index (χ3v) is 5.77. The van der Waals surface area contributed by atoms with Crippen molar-refractivity contribution in [1.82, 2.24) is 19.9 Å². The molecular formula is C19H18FN5O5S. The number of nitrogens with zero attached hydrogens (tertiary/aromatic N) is 3. The normalized spacial score (nSPS) is 11.6. The zero-order valence-electron chi connectivity index (χ0n) is 16.5. The average Bonchev–Trinajstić information content (AvgIpc) is 3.23. The monoisotopic (exact) mass is 447 g/mol.